The van der Waals surface area contributed by atoms with Crippen LogP contribution in [0.1, 0.15) is 44.6 Å². The average molecular weight is 254 g/mol. The van der Waals surface area contributed by atoms with Gasteiger partial charge in [0.05, 0.1) is 0 Å². The van der Waals surface area contributed by atoms with Gasteiger partial charge in [-0.25, -0.2) is 0 Å². The van der Waals surface area contributed by atoms with Crippen LogP contribution in [0.2, 0.25) is 0 Å². The molecule has 19 heavy (non-hydrogen) atoms. The summed E-state index contributed by atoms with van der Waals surface area (Å²) in [4.78, 5) is 0. The van der Waals surface area contributed by atoms with Gasteiger partial charge in [-0.3, -0.25) is 0 Å². The van der Waals surface area contributed by atoms with E-state index in [1.807, 2.05) is 6.07 Å². The Morgan fingerprint density at radius 3 is 2.68 bits per heavy atom. The maximum absolute atomic E-state index is 6.05. The first-order valence-electron chi connectivity index (χ1n) is 7.39. The van der Waals surface area contributed by atoms with Gasteiger partial charge in [-0.1, -0.05) is 50.1 Å². The van der Waals surface area contributed by atoms with Gasteiger partial charge in [-0.2, -0.15) is 0 Å². The number of fused-ring (bicyclic) bond motifs is 1. The minimum Gasteiger partial charge on any atom is -0.481 e. The number of benzene rings is 1. The van der Waals surface area contributed by atoms with Crippen molar-refractivity contribution in [2.24, 2.45) is 5.92 Å². The van der Waals surface area contributed by atoms with Crippen LogP contribution in [-0.2, 0) is 0 Å². The Morgan fingerprint density at radius 1 is 1.21 bits per heavy atom. The van der Waals surface area contributed by atoms with E-state index in [-0.39, 0.29) is 6.10 Å². The van der Waals surface area contributed by atoms with Gasteiger partial charge in [-0.05, 0) is 37.3 Å². The topological polar surface area (TPSA) is 9.23 Å². The van der Waals surface area contributed by atoms with Crippen LogP contribution >= 0.6 is 0 Å². The Morgan fingerprint density at radius 2 is 1.95 bits per heavy atom. The predicted octanol–water partition coefficient (Wildman–Crippen LogP) is 4.99. The van der Waals surface area contributed by atoms with Crippen LogP contribution in [0.4, 0.5) is 0 Å². The molecule has 1 fully saturated rings. The largest absolute Gasteiger partial charge is 0.481 e. The van der Waals surface area contributed by atoms with E-state index in [1.54, 1.807) is 0 Å². The summed E-state index contributed by atoms with van der Waals surface area (Å²) < 4.78 is 6.05. The van der Waals surface area contributed by atoms with E-state index in [1.165, 1.54) is 43.2 Å². The summed E-state index contributed by atoms with van der Waals surface area (Å²) in [6, 6.07) is 8.37. The molecule has 1 atom stereocenters. The summed E-state index contributed by atoms with van der Waals surface area (Å²) >= 11 is 0. The standard InChI is InChI=1S/C18H22O/c1-13(2)18-16(12-14-8-4-3-5-9-14)15-10-6-7-11-17(15)19-18/h6-7,10-12,14,18H,1,3-5,8-9H2,2H3/b16-12+/t18-/m1/s1. The lowest BCUT2D eigenvalue weighted by Crippen LogP contribution is -2.14. The highest BCUT2D eigenvalue weighted by molar-refractivity contribution is 5.79. The molecule has 0 aromatic heterocycles. The Kier molecular flexibility index (Phi) is 3.46. The van der Waals surface area contributed by atoms with Crippen LogP contribution in [0.25, 0.3) is 5.57 Å². The molecule has 0 saturated heterocycles. The summed E-state index contributed by atoms with van der Waals surface area (Å²) in [7, 11) is 0. The van der Waals surface area contributed by atoms with E-state index in [9.17, 15) is 0 Å². The van der Waals surface area contributed by atoms with E-state index in [2.05, 4.69) is 37.8 Å². The summed E-state index contributed by atoms with van der Waals surface area (Å²) in [6.45, 7) is 6.16. The van der Waals surface area contributed by atoms with E-state index in [4.69, 9.17) is 4.74 Å². The smallest absolute Gasteiger partial charge is 0.145 e. The third-order valence-corrected chi connectivity index (χ3v) is 4.24. The van der Waals surface area contributed by atoms with Crippen molar-refractivity contribution in [1.82, 2.24) is 0 Å². The molecule has 1 aliphatic heterocycles. The molecular formula is C18H22O. The van der Waals surface area contributed by atoms with E-state index >= 15 is 0 Å². The molecule has 100 valence electrons. The Labute approximate surface area is 116 Å². The van der Waals surface area contributed by atoms with Gasteiger partial charge in [0.2, 0.25) is 0 Å². The first-order chi connectivity index (χ1) is 9.25. The van der Waals surface area contributed by atoms with Crippen molar-refractivity contribution in [2.75, 3.05) is 0 Å². The van der Waals surface area contributed by atoms with Crippen LogP contribution in [0.3, 0.4) is 0 Å². The van der Waals surface area contributed by atoms with Crippen molar-refractivity contribution in [1.29, 1.82) is 0 Å². The SMILES string of the molecule is C=C(C)[C@H]1Oc2ccccc2/C1=C\C1CCCCC1. The second-order valence-corrected chi connectivity index (χ2v) is 5.86. The van der Waals surface area contributed by atoms with Crippen molar-refractivity contribution in [3.8, 4) is 5.75 Å². The lowest BCUT2D eigenvalue weighted by molar-refractivity contribution is 0.310. The zero-order valence-corrected chi connectivity index (χ0v) is 11.7. The molecule has 0 radical (unpaired) electrons. The summed E-state index contributed by atoms with van der Waals surface area (Å²) in [6.07, 6.45) is 9.31. The van der Waals surface area contributed by atoms with Crippen LogP contribution < -0.4 is 4.74 Å². The zero-order valence-electron chi connectivity index (χ0n) is 11.7. The van der Waals surface area contributed by atoms with Crippen LogP contribution in [0.15, 0.2) is 42.5 Å². The fraction of sp³-hybridized carbons (Fsp3) is 0.444. The second kappa shape index (κ2) is 5.24. The van der Waals surface area contributed by atoms with Crippen LogP contribution in [-0.4, -0.2) is 6.10 Å². The van der Waals surface area contributed by atoms with E-state index < -0.39 is 0 Å². The molecule has 1 aromatic rings. The van der Waals surface area contributed by atoms with Crippen molar-refractivity contribution in [3.05, 3.63) is 48.1 Å². The van der Waals surface area contributed by atoms with Crippen molar-refractivity contribution in [3.63, 3.8) is 0 Å². The number of ether oxygens (including phenoxy) is 1. The van der Waals surface area contributed by atoms with Gasteiger partial charge < -0.3 is 4.74 Å². The monoisotopic (exact) mass is 254 g/mol. The van der Waals surface area contributed by atoms with Gasteiger partial charge >= 0.3 is 0 Å². The minimum atomic E-state index is 0.0549. The molecular weight excluding hydrogens is 232 g/mol. The van der Waals surface area contributed by atoms with Crippen molar-refractivity contribution in [2.45, 2.75) is 45.1 Å². The molecule has 0 unspecified atom stereocenters. The van der Waals surface area contributed by atoms with Gasteiger partial charge in [0.1, 0.15) is 11.9 Å². The highest BCUT2D eigenvalue weighted by Crippen LogP contribution is 2.41. The molecule has 1 saturated carbocycles. The number of para-hydroxylation sites is 1. The predicted molar refractivity (Wildman–Crippen MR) is 80.2 cm³/mol. The summed E-state index contributed by atoms with van der Waals surface area (Å²) in [5.41, 5.74) is 3.70. The number of hydrogen-bond acceptors (Lipinski definition) is 1. The van der Waals surface area contributed by atoms with Crippen molar-refractivity contribution < 1.29 is 4.74 Å². The molecule has 0 N–H and O–H groups in total. The maximum atomic E-state index is 6.05. The van der Waals surface area contributed by atoms with Gasteiger partial charge in [-0.15, -0.1) is 0 Å². The van der Waals surface area contributed by atoms with Gasteiger partial charge in [0.25, 0.3) is 0 Å². The maximum Gasteiger partial charge on any atom is 0.145 e. The van der Waals surface area contributed by atoms with Crippen LogP contribution in [0.5, 0.6) is 5.75 Å². The number of hydrogen-bond donors (Lipinski definition) is 0. The summed E-state index contributed by atoms with van der Waals surface area (Å²) in [5, 5.41) is 0. The number of allylic oxidation sites excluding steroid dienone is 1. The van der Waals surface area contributed by atoms with E-state index in [0.717, 1.165) is 17.2 Å². The third-order valence-electron chi connectivity index (χ3n) is 4.24. The van der Waals surface area contributed by atoms with Crippen LogP contribution in [0, 0.1) is 5.92 Å². The summed E-state index contributed by atoms with van der Waals surface area (Å²) in [5.74, 6) is 1.73. The normalized spacial score (nSPS) is 25.1. The second-order valence-electron chi connectivity index (χ2n) is 5.86. The minimum absolute atomic E-state index is 0.0549. The first kappa shape index (κ1) is 12.5. The van der Waals surface area contributed by atoms with E-state index in [0.29, 0.717) is 0 Å². The highest BCUT2D eigenvalue weighted by atomic mass is 16.5. The molecule has 3 rings (SSSR count). The number of rotatable bonds is 2. The molecule has 2 aliphatic rings. The average Bonchev–Trinajstić information content (AvgIpc) is 2.79. The van der Waals surface area contributed by atoms with Gasteiger partial charge in [0.15, 0.2) is 0 Å². The first-order valence-corrected chi connectivity index (χ1v) is 7.39. The Balaban J connectivity index is 1.95. The van der Waals surface area contributed by atoms with Crippen molar-refractivity contribution >= 4 is 5.57 Å². The molecule has 1 aromatic carbocycles. The lowest BCUT2D eigenvalue weighted by Gasteiger charge is -2.20. The molecule has 1 nitrogen and oxygen atoms in total. The lowest BCUT2D eigenvalue weighted by atomic mass is 9.85. The molecule has 0 bridgehead atoms. The molecule has 1 aliphatic carbocycles. The molecule has 0 spiro atoms. The zero-order chi connectivity index (χ0) is 13.2. The highest BCUT2D eigenvalue weighted by Gasteiger charge is 2.29. The third kappa shape index (κ3) is 2.47. The fourth-order valence-electron chi connectivity index (χ4n) is 3.24. The Bertz CT molecular complexity index is 506. The van der Waals surface area contributed by atoms with Gasteiger partial charge in [0, 0.05) is 11.1 Å². The fourth-order valence-corrected chi connectivity index (χ4v) is 3.24. The molecule has 1 heteroatoms. The molecule has 1 heterocycles. The quantitative estimate of drug-likeness (QED) is 0.676. The Hall–Kier alpha value is -1.50. The molecule has 0 amide bonds.